The van der Waals surface area contributed by atoms with Gasteiger partial charge < -0.3 is 4.74 Å². The molecule has 64 valence electrons. The van der Waals surface area contributed by atoms with Gasteiger partial charge in [0.1, 0.15) is 6.10 Å². The zero-order valence-electron chi connectivity index (χ0n) is 6.54. The summed E-state index contributed by atoms with van der Waals surface area (Å²) < 4.78 is 15.6. The van der Waals surface area contributed by atoms with Crippen molar-refractivity contribution >= 4 is 16.8 Å². The molecule has 1 rings (SSSR count). The van der Waals surface area contributed by atoms with Gasteiger partial charge in [0.2, 0.25) is 0 Å². The molecule has 0 aromatic rings. The molecule has 2 atom stereocenters. The number of hydrogen-bond donors (Lipinski definition) is 0. The van der Waals surface area contributed by atoms with E-state index in [2.05, 4.69) is 0 Å². The fourth-order valence-corrected chi connectivity index (χ4v) is 1.68. The van der Waals surface area contributed by atoms with Gasteiger partial charge in [0.15, 0.2) is 0 Å². The van der Waals surface area contributed by atoms with Crippen LogP contribution in [-0.2, 0) is 20.3 Å². The summed E-state index contributed by atoms with van der Waals surface area (Å²) in [6, 6.07) is 0. The van der Waals surface area contributed by atoms with E-state index >= 15 is 0 Å². The second kappa shape index (κ2) is 3.85. The first-order valence-electron chi connectivity index (χ1n) is 3.68. The summed E-state index contributed by atoms with van der Waals surface area (Å²) in [6.07, 6.45) is 3.77. The molecule has 1 unspecified atom stereocenters. The highest BCUT2D eigenvalue weighted by molar-refractivity contribution is 7.84. The number of carbonyl (C=O) groups is 1. The largest absolute Gasteiger partial charge is 0.462 e. The number of esters is 1. The van der Waals surface area contributed by atoms with Crippen LogP contribution in [0.3, 0.4) is 0 Å². The Morgan fingerprint density at radius 2 is 2.45 bits per heavy atom. The van der Waals surface area contributed by atoms with E-state index in [1.54, 1.807) is 6.26 Å². The van der Waals surface area contributed by atoms with E-state index in [1.165, 1.54) is 0 Å². The van der Waals surface area contributed by atoms with Gasteiger partial charge in [0, 0.05) is 29.2 Å². The van der Waals surface area contributed by atoms with Gasteiger partial charge in [0.25, 0.3) is 0 Å². The Balaban J connectivity index is 2.18. The SMILES string of the molecule is CS(=O)CC[C@H]1CCC(=O)O1. The maximum Gasteiger partial charge on any atom is 0.306 e. The normalized spacial score (nSPS) is 26.6. The molecule has 3 nitrogen and oxygen atoms in total. The molecule has 1 saturated heterocycles. The van der Waals surface area contributed by atoms with E-state index in [9.17, 15) is 9.00 Å². The van der Waals surface area contributed by atoms with E-state index in [4.69, 9.17) is 4.74 Å². The van der Waals surface area contributed by atoms with E-state index < -0.39 is 10.8 Å². The first-order valence-corrected chi connectivity index (χ1v) is 5.40. The van der Waals surface area contributed by atoms with Crippen LogP contribution in [0.2, 0.25) is 0 Å². The van der Waals surface area contributed by atoms with E-state index in [0.29, 0.717) is 12.2 Å². The molecule has 0 aliphatic carbocycles. The second-order valence-electron chi connectivity index (χ2n) is 2.72. The third kappa shape index (κ3) is 3.01. The van der Waals surface area contributed by atoms with Crippen molar-refractivity contribution < 1.29 is 13.7 Å². The zero-order chi connectivity index (χ0) is 8.27. The van der Waals surface area contributed by atoms with Crippen LogP contribution in [0.5, 0.6) is 0 Å². The monoisotopic (exact) mass is 176 g/mol. The highest BCUT2D eigenvalue weighted by Crippen LogP contribution is 2.16. The number of hydrogen-bond acceptors (Lipinski definition) is 3. The smallest absolute Gasteiger partial charge is 0.306 e. The predicted molar refractivity (Wildman–Crippen MR) is 42.7 cm³/mol. The third-order valence-corrected chi connectivity index (χ3v) is 2.51. The van der Waals surface area contributed by atoms with Crippen LogP contribution >= 0.6 is 0 Å². The highest BCUT2D eigenvalue weighted by atomic mass is 32.2. The molecule has 1 aliphatic heterocycles. The van der Waals surface area contributed by atoms with Crippen molar-refractivity contribution in [1.29, 1.82) is 0 Å². The topological polar surface area (TPSA) is 43.4 Å². The molecule has 1 heterocycles. The molecule has 0 bridgehead atoms. The Morgan fingerprint density at radius 1 is 1.73 bits per heavy atom. The van der Waals surface area contributed by atoms with Crippen LogP contribution in [-0.4, -0.2) is 28.3 Å². The van der Waals surface area contributed by atoms with Gasteiger partial charge in [-0.05, 0) is 12.8 Å². The van der Waals surface area contributed by atoms with Crippen LogP contribution in [0.15, 0.2) is 0 Å². The molecule has 4 heteroatoms. The van der Waals surface area contributed by atoms with Crippen molar-refractivity contribution in [2.24, 2.45) is 0 Å². The van der Waals surface area contributed by atoms with Crippen LogP contribution in [0, 0.1) is 0 Å². The lowest BCUT2D eigenvalue weighted by atomic mass is 10.2. The Bertz CT molecular complexity index is 179. The lowest BCUT2D eigenvalue weighted by molar-refractivity contribution is -0.141. The standard InChI is InChI=1S/C7H12O3S/c1-11(9)5-4-6-2-3-7(8)10-6/h6H,2-5H2,1H3/t6-,11?/m1/s1. The lowest BCUT2D eigenvalue weighted by Crippen LogP contribution is -2.10. The molecule has 0 amide bonds. The van der Waals surface area contributed by atoms with Gasteiger partial charge in [-0.2, -0.15) is 0 Å². The maximum atomic E-state index is 10.7. The van der Waals surface area contributed by atoms with Crippen LogP contribution < -0.4 is 0 Å². The highest BCUT2D eigenvalue weighted by Gasteiger charge is 2.22. The molecule has 1 fully saturated rings. The van der Waals surface area contributed by atoms with Crippen molar-refractivity contribution in [3.8, 4) is 0 Å². The summed E-state index contributed by atoms with van der Waals surface area (Å²) in [4.78, 5) is 10.6. The average Bonchev–Trinajstić information content (AvgIpc) is 2.31. The molecular weight excluding hydrogens is 164 g/mol. The maximum absolute atomic E-state index is 10.7. The van der Waals surface area contributed by atoms with Crippen molar-refractivity contribution in [2.75, 3.05) is 12.0 Å². The summed E-state index contributed by atoms with van der Waals surface area (Å²) in [5, 5.41) is 0. The Hall–Kier alpha value is -0.380. The minimum atomic E-state index is -0.764. The Labute approximate surface area is 68.6 Å². The molecule has 0 aromatic carbocycles. The molecule has 0 N–H and O–H groups in total. The summed E-state index contributed by atoms with van der Waals surface area (Å²) in [5.74, 6) is 0.523. The molecule has 11 heavy (non-hydrogen) atoms. The van der Waals surface area contributed by atoms with E-state index in [0.717, 1.165) is 12.8 Å². The average molecular weight is 176 g/mol. The fraction of sp³-hybridized carbons (Fsp3) is 0.857. The number of cyclic esters (lactones) is 1. The number of rotatable bonds is 3. The Morgan fingerprint density at radius 3 is 2.91 bits per heavy atom. The predicted octanol–water partition coefficient (Wildman–Crippen LogP) is 0.461. The quantitative estimate of drug-likeness (QED) is 0.587. The van der Waals surface area contributed by atoms with Gasteiger partial charge in [0.05, 0.1) is 0 Å². The van der Waals surface area contributed by atoms with Gasteiger partial charge in [-0.25, -0.2) is 0 Å². The third-order valence-electron chi connectivity index (χ3n) is 1.70. The number of carbonyl (C=O) groups excluding carboxylic acids is 1. The van der Waals surface area contributed by atoms with Gasteiger partial charge in [-0.1, -0.05) is 0 Å². The molecule has 0 spiro atoms. The molecule has 0 saturated carbocycles. The fourth-order valence-electron chi connectivity index (χ4n) is 1.08. The van der Waals surface area contributed by atoms with Crippen molar-refractivity contribution in [2.45, 2.75) is 25.4 Å². The minimum Gasteiger partial charge on any atom is -0.462 e. The van der Waals surface area contributed by atoms with Gasteiger partial charge in [-0.15, -0.1) is 0 Å². The molecule has 0 aromatic heterocycles. The minimum absolute atomic E-state index is 0.0337. The summed E-state index contributed by atoms with van der Waals surface area (Å²) >= 11 is 0. The van der Waals surface area contributed by atoms with Crippen molar-refractivity contribution in [3.63, 3.8) is 0 Å². The second-order valence-corrected chi connectivity index (χ2v) is 4.27. The summed E-state index contributed by atoms with van der Waals surface area (Å²) in [6.45, 7) is 0. The Kier molecular flexibility index (Phi) is 3.05. The summed E-state index contributed by atoms with van der Waals surface area (Å²) in [5.41, 5.74) is 0. The number of ether oxygens (including phenoxy) is 1. The van der Waals surface area contributed by atoms with Crippen molar-refractivity contribution in [1.82, 2.24) is 0 Å². The van der Waals surface area contributed by atoms with Crippen LogP contribution in [0.25, 0.3) is 0 Å². The molecule has 1 aliphatic rings. The van der Waals surface area contributed by atoms with Crippen molar-refractivity contribution in [3.05, 3.63) is 0 Å². The van der Waals surface area contributed by atoms with Crippen LogP contribution in [0.1, 0.15) is 19.3 Å². The van der Waals surface area contributed by atoms with E-state index in [1.807, 2.05) is 0 Å². The zero-order valence-corrected chi connectivity index (χ0v) is 7.36. The van der Waals surface area contributed by atoms with Gasteiger partial charge in [-0.3, -0.25) is 9.00 Å². The molecule has 0 radical (unpaired) electrons. The lowest BCUT2D eigenvalue weighted by Gasteiger charge is -2.06. The molecular formula is C7H12O3S. The summed E-state index contributed by atoms with van der Waals surface area (Å²) in [7, 11) is -0.764. The van der Waals surface area contributed by atoms with Gasteiger partial charge >= 0.3 is 5.97 Å². The first-order chi connectivity index (χ1) is 5.18. The van der Waals surface area contributed by atoms with Crippen LogP contribution in [0.4, 0.5) is 0 Å². The first kappa shape index (κ1) is 8.71. The van der Waals surface area contributed by atoms with E-state index in [-0.39, 0.29) is 12.1 Å².